The Balaban J connectivity index is 1.09. The lowest BCUT2D eigenvalue weighted by molar-refractivity contribution is 0.590. The molecule has 3 aliphatic rings. The van der Waals surface area contributed by atoms with Gasteiger partial charge < -0.3 is 18.7 Å². The van der Waals surface area contributed by atoms with Crippen molar-refractivity contribution >= 4 is 106 Å². The van der Waals surface area contributed by atoms with E-state index in [1.807, 2.05) is 0 Å². The van der Waals surface area contributed by atoms with Crippen molar-refractivity contribution in [2.45, 2.75) is 71.6 Å². The van der Waals surface area contributed by atoms with Crippen molar-refractivity contribution in [2.24, 2.45) is 0 Å². The van der Waals surface area contributed by atoms with Gasteiger partial charge in [0.2, 0.25) is 0 Å². The Labute approximate surface area is 433 Å². The topological polar surface area (TPSA) is 24.6 Å². The number of rotatable bonds is 4. The monoisotopic (exact) mass is 953 g/mol. The Morgan fingerprint density at radius 1 is 0.473 bits per heavy atom. The van der Waals surface area contributed by atoms with Gasteiger partial charge in [-0.15, -0.1) is 0 Å². The molecule has 0 N–H and O–H groups in total. The van der Waals surface area contributed by atoms with E-state index in [4.69, 9.17) is 4.42 Å². The second kappa shape index (κ2) is 14.9. The number of nitrogens with zero attached hydrogens (tertiary/aromatic N) is 3. The summed E-state index contributed by atoms with van der Waals surface area (Å²) >= 11 is 0. The molecule has 1 aliphatic carbocycles. The highest BCUT2D eigenvalue weighted by atomic mass is 16.3. The zero-order chi connectivity index (χ0) is 50.2. The molecule has 15 rings (SSSR count). The van der Waals surface area contributed by atoms with Crippen LogP contribution in [0.1, 0.15) is 77.6 Å². The van der Waals surface area contributed by atoms with Crippen molar-refractivity contribution in [3.05, 3.63) is 216 Å². The van der Waals surface area contributed by atoms with Gasteiger partial charge in [-0.25, -0.2) is 0 Å². The third-order valence-corrected chi connectivity index (χ3v) is 17.0. The molecule has 0 saturated carbocycles. The zero-order valence-corrected chi connectivity index (χ0v) is 43.3. The predicted octanol–water partition coefficient (Wildman–Crippen LogP) is 17.6. The van der Waals surface area contributed by atoms with Crippen molar-refractivity contribution < 1.29 is 4.42 Å². The zero-order valence-electron chi connectivity index (χ0n) is 43.3. The molecule has 12 aromatic rings. The molecule has 74 heavy (non-hydrogen) atoms. The molecule has 2 aromatic heterocycles. The van der Waals surface area contributed by atoms with E-state index in [-0.39, 0.29) is 23.1 Å². The van der Waals surface area contributed by atoms with Crippen molar-refractivity contribution in [3.63, 3.8) is 0 Å². The van der Waals surface area contributed by atoms with Crippen LogP contribution in [0.25, 0.3) is 76.8 Å². The molecular formula is C69H56BN3O. The molecule has 0 bridgehead atoms. The first-order valence-electron chi connectivity index (χ1n) is 26.4. The Morgan fingerprint density at radius 2 is 1.08 bits per heavy atom. The molecule has 356 valence electrons. The first-order chi connectivity index (χ1) is 35.7. The Bertz CT molecular complexity index is 4310. The second-order valence-electron chi connectivity index (χ2n) is 23.7. The van der Waals surface area contributed by atoms with E-state index in [1.165, 1.54) is 93.7 Å². The summed E-state index contributed by atoms with van der Waals surface area (Å²) in [6, 6.07) is 73.5. The molecule has 0 unspecified atom stereocenters. The minimum absolute atomic E-state index is 0.0180. The fourth-order valence-corrected chi connectivity index (χ4v) is 13.3. The van der Waals surface area contributed by atoms with Crippen LogP contribution < -0.4 is 20.7 Å². The molecule has 4 nitrogen and oxygen atoms in total. The summed E-state index contributed by atoms with van der Waals surface area (Å²) in [5, 5.41) is 7.28. The molecule has 0 radical (unpaired) electrons. The van der Waals surface area contributed by atoms with Gasteiger partial charge in [0.15, 0.2) is 5.58 Å². The van der Waals surface area contributed by atoms with Gasteiger partial charge in [0.25, 0.3) is 0 Å². The molecule has 2 aliphatic heterocycles. The third kappa shape index (κ3) is 5.92. The minimum atomic E-state index is -0.254. The van der Waals surface area contributed by atoms with E-state index in [9.17, 15) is 0 Å². The van der Waals surface area contributed by atoms with E-state index < -0.39 is 0 Å². The first-order valence-corrected chi connectivity index (χ1v) is 26.4. The lowest BCUT2D eigenvalue weighted by Gasteiger charge is -2.42. The van der Waals surface area contributed by atoms with Crippen LogP contribution in [-0.2, 0) is 16.2 Å². The molecule has 0 fully saturated rings. The van der Waals surface area contributed by atoms with Crippen LogP contribution in [0.15, 0.2) is 199 Å². The predicted molar refractivity (Wildman–Crippen MR) is 314 cm³/mol. The van der Waals surface area contributed by atoms with Gasteiger partial charge in [-0.2, -0.15) is 0 Å². The molecule has 10 aromatic carbocycles. The third-order valence-electron chi connectivity index (χ3n) is 17.0. The smallest absolute Gasteiger partial charge is 0.333 e. The van der Waals surface area contributed by atoms with E-state index >= 15 is 0 Å². The quantitative estimate of drug-likeness (QED) is 0.164. The minimum Gasteiger partial charge on any atom is -0.454 e. The molecular weight excluding hydrogens is 898 g/mol. The van der Waals surface area contributed by atoms with Crippen molar-refractivity contribution in [2.75, 3.05) is 9.80 Å². The van der Waals surface area contributed by atoms with Crippen molar-refractivity contribution in [1.82, 2.24) is 4.48 Å². The van der Waals surface area contributed by atoms with Crippen LogP contribution >= 0.6 is 0 Å². The Morgan fingerprint density at radius 3 is 1.81 bits per heavy atom. The summed E-state index contributed by atoms with van der Waals surface area (Å²) in [6.45, 7) is 18.4. The fourth-order valence-electron chi connectivity index (χ4n) is 13.3. The first kappa shape index (κ1) is 43.3. The van der Waals surface area contributed by atoms with Crippen LogP contribution in [0.2, 0.25) is 0 Å². The molecule has 5 heteroatoms. The number of anilines is 6. The highest BCUT2D eigenvalue weighted by Crippen LogP contribution is 2.57. The summed E-state index contributed by atoms with van der Waals surface area (Å²) in [4.78, 5) is 5.03. The summed E-state index contributed by atoms with van der Waals surface area (Å²) in [6.07, 6.45) is 0. The van der Waals surface area contributed by atoms with Crippen molar-refractivity contribution in [1.29, 1.82) is 0 Å². The van der Waals surface area contributed by atoms with Gasteiger partial charge in [-0.3, -0.25) is 0 Å². The molecule has 4 heterocycles. The lowest BCUT2D eigenvalue weighted by atomic mass is 9.44. The van der Waals surface area contributed by atoms with Crippen LogP contribution in [0.4, 0.5) is 34.1 Å². The number of furan rings is 1. The Hall–Kier alpha value is -8.28. The van der Waals surface area contributed by atoms with Gasteiger partial charge in [-0.05, 0) is 144 Å². The van der Waals surface area contributed by atoms with Gasteiger partial charge in [-0.1, -0.05) is 177 Å². The van der Waals surface area contributed by atoms with E-state index in [1.54, 1.807) is 0 Å². The maximum absolute atomic E-state index is 7.03. The van der Waals surface area contributed by atoms with E-state index in [0.717, 1.165) is 50.4 Å². The number of hydrogen-bond acceptors (Lipinski definition) is 3. The number of aromatic nitrogens is 1. The number of fused-ring (bicyclic) bond motifs is 15. The van der Waals surface area contributed by atoms with Gasteiger partial charge in [0.05, 0.1) is 5.69 Å². The summed E-state index contributed by atoms with van der Waals surface area (Å²) in [5.74, 6) is 0. The molecule has 0 saturated heterocycles. The average molecular weight is 954 g/mol. The van der Waals surface area contributed by atoms with E-state index in [0.29, 0.717) is 0 Å². The van der Waals surface area contributed by atoms with Gasteiger partial charge in [0.1, 0.15) is 5.58 Å². The van der Waals surface area contributed by atoms with Crippen molar-refractivity contribution in [3.8, 4) is 22.3 Å². The summed E-state index contributed by atoms with van der Waals surface area (Å²) in [5.41, 5.74) is 24.0. The summed E-state index contributed by atoms with van der Waals surface area (Å²) < 4.78 is 9.75. The maximum Gasteiger partial charge on any atom is 0.333 e. The molecule has 0 amide bonds. The fraction of sp³-hybridized carbons (Fsp3) is 0.159. The highest BCUT2D eigenvalue weighted by Gasteiger charge is 2.48. The van der Waals surface area contributed by atoms with Gasteiger partial charge in [0, 0.05) is 72.0 Å². The van der Waals surface area contributed by atoms with E-state index in [2.05, 4.69) is 264 Å². The van der Waals surface area contributed by atoms with Gasteiger partial charge >= 0.3 is 6.85 Å². The highest BCUT2D eigenvalue weighted by molar-refractivity contribution is 6.90. The number of benzene rings is 10. The number of hydrogen-bond donors (Lipinski definition) is 0. The van der Waals surface area contributed by atoms with Crippen LogP contribution in [0.5, 0.6) is 0 Å². The molecule has 0 spiro atoms. The molecule has 0 atom stereocenters. The Kier molecular flexibility index (Phi) is 8.73. The normalized spacial score (nSPS) is 14.3. The summed E-state index contributed by atoms with van der Waals surface area (Å²) in [7, 11) is 0. The number of para-hydroxylation sites is 3. The van der Waals surface area contributed by atoms with Crippen LogP contribution in [0.3, 0.4) is 0 Å². The SMILES string of the molecule is CC(C)(C)c1ccc(N(c2ccc(C(C)(C)C)cc2)c2ccc3c(c2)B2c4c(cc5c(c4-c4cccc6c7cc8ccccc8cc7n2c46)-c2ccccc2C5(C)C)N3c2cccc3c2oc2ccccc23)cc1. The standard InChI is InChI=1S/C69H56BN3O/c1-67(2,3)43-27-31-45(32-28-43)71(46-33-29-44(30-34-46)68(4,5)6)47-35-36-57-56(39-47)70-64-60(72(57)58-25-16-22-50-48-19-12-14-26-61(48)74-66(50)58)40-55-62(51-20-11-13-24-54(51)69(55,7)8)63(64)52-23-15-21-49-53-37-41-17-9-10-18-42(41)38-59(53)73(70)65(49)52/h9-40H,1-8H3. The largest absolute Gasteiger partial charge is 0.454 e. The second-order valence-corrected chi connectivity index (χ2v) is 23.7. The van der Waals surface area contributed by atoms with Crippen LogP contribution in [0, 0.1) is 0 Å². The maximum atomic E-state index is 7.03. The average Bonchev–Trinajstić information content (AvgIpc) is 4.22. The lowest BCUT2D eigenvalue weighted by Crippen LogP contribution is -2.57. The van der Waals surface area contributed by atoms with Crippen LogP contribution in [-0.4, -0.2) is 11.3 Å².